The second-order valence-electron chi connectivity index (χ2n) is 15.6. The number of carbonyl (C=O) groups is 3. The van der Waals surface area contributed by atoms with Gasteiger partial charge in [0.2, 0.25) is 5.36 Å². The number of benzene rings is 2. The van der Waals surface area contributed by atoms with E-state index in [1.165, 1.54) is 12.1 Å². The maximum atomic E-state index is 12.3. The molecule has 1 fully saturated rings. The van der Waals surface area contributed by atoms with E-state index in [9.17, 15) is 27.4 Å². The summed E-state index contributed by atoms with van der Waals surface area (Å²) in [4.78, 5) is 42.8. The van der Waals surface area contributed by atoms with Gasteiger partial charge in [0.1, 0.15) is 34.9 Å². The molecule has 4 aliphatic rings. The lowest BCUT2D eigenvalue weighted by atomic mass is 9.82. The first kappa shape index (κ1) is 42.5. The third-order valence-corrected chi connectivity index (χ3v) is 11.0. The summed E-state index contributed by atoms with van der Waals surface area (Å²) in [5.41, 5.74) is 3.68. The van der Waals surface area contributed by atoms with Crippen molar-refractivity contribution < 1.29 is 46.1 Å². The molecule has 0 aromatic heterocycles. The zero-order valence-corrected chi connectivity index (χ0v) is 34.2. The summed E-state index contributed by atoms with van der Waals surface area (Å²) in [6.07, 6.45) is 7.70. The number of fused-ring (bicyclic) bond motifs is 2. The van der Waals surface area contributed by atoms with Crippen molar-refractivity contribution in [1.82, 2.24) is 9.64 Å². The van der Waals surface area contributed by atoms with Gasteiger partial charge in [-0.05, 0) is 71.9 Å². The highest BCUT2D eigenvalue weighted by Gasteiger charge is 2.40. The van der Waals surface area contributed by atoms with Gasteiger partial charge in [-0.1, -0.05) is 47.1 Å². The molecule has 2 amide bonds. The summed E-state index contributed by atoms with van der Waals surface area (Å²) >= 11 is 0. The largest absolute Gasteiger partial charge is 0.744 e. The van der Waals surface area contributed by atoms with Crippen molar-refractivity contribution in [2.75, 3.05) is 52.0 Å². The highest BCUT2D eigenvalue weighted by atomic mass is 32.2. The first-order chi connectivity index (χ1) is 26.4. The summed E-state index contributed by atoms with van der Waals surface area (Å²) in [5.74, 6) is -0.279. The predicted octanol–water partition coefficient (Wildman–Crippen LogP) is 5.51. The number of allylic oxidation sites excluding steroid dienone is 3. The maximum Gasteiger partial charge on any atom is 0.333 e. The zero-order valence-electron chi connectivity index (χ0n) is 33.4. The van der Waals surface area contributed by atoms with Crippen LogP contribution < -0.4 is 14.8 Å². The molecule has 56 heavy (non-hydrogen) atoms. The van der Waals surface area contributed by atoms with Crippen LogP contribution in [0.4, 0.5) is 5.69 Å². The van der Waals surface area contributed by atoms with Crippen molar-refractivity contribution in [3.8, 4) is 11.3 Å². The van der Waals surface area contributed by atoms with Gasteiger partial charge in [-0.15, -0.1) is 5.06 Å². The van der Waals surface area contributed by atoms with Crippen molar-refractivity contribution in [2.45, 2.75) is 88.9 Å². The van der Waals surface area contributed by atoms with Crippen LogP contribution in [0.2, 0.25) is 0 Å². The van der Waals surface area contributed by atoms with Gasteiger partial charge in [-0.2, -0.15) is 0 Å². The molecule has 0 N–H and O–H groups in total. The fourth-order valence-electron chi connectivity index (χ4n) is 7.17. The number of hydrogen-bond donors (Lipinski definition) is 0. The lowest BCUT2D eigenvalue weighted by Gasteiger charge is -2.27. The van der Waals surface area contributed by atoms with Crippen LogP contribution in [0.5, 0.6) is 0 Å². The van der Waals surface area contributed by atoms with Gasteiger partial charge < -0.3 is 28.2 Å². The van der Waals surface area contributed by atoms with Crippen LogP contribution in [0.25, 0.3) is 17.4 Å². The van der Waals surface area contributed by atoms with Crippen LogP contribution in [-0.4, -0.2) is 82.9 Å². The number of imide groups is 1. The van der Waals surface area contributed by atoms with E-state index in [1.807, 2.05) is 32.1 Å². The van der Waals surface area contributed by atoms with Crippen molar-refractivity contribution in [1.29, 1.82) is 0 Å². The Balaban J connectivity index is 1.44. The van der Waals surface area contributed by atoms with Gasteiger partial charge in [0.25, 0.3) is 11.8 Å². The summed E-state index contributed by atoms with van der Waals surface area (Å²) in [5, 5.41) is 1.55. The Morgan fingerprint density at radius 2 is 1.64 bits per heavy atom. The number of hydrogen-bond acceptors (Lipinski definition) is 11. The Morgan fingerprint density at radius 1 is 0.964 bits per heavy atom. The van der Waals surface area contributed by atoms with Crippen molar-refractivity contribution in [2.24, 2.45) is 0 Å². The molecule has 1 aromatic carbocycles. The zero-order chi connectivity index (χ0) is 40.8. The predicted molar refractivity (Wildman–Crippen MR) is 210 cm³/mol. The molecule has 0 saturated carbocycles. The smallest absolute Gasteiger partial charge is 0.333 e. The lowest BCUT2D eigenvalue weighted by molar-refractivity contribution is -0.197. The monoisotopic (exact) mass is 791 g/mol. The molecule has 0 unspecified atom stereocenters. The average molecular weight is 792 g/mol. The fourth-order valence-corrected chi connectivity index (χ4v) is 7.67. The van der Waals surface area contributed by atoms with E-state index < -0.39 is 33.3 Å². The third kappa shape index (κ3) is 9.84. The Kier molecular flexibility index (Phi) is 13.4. The number of anilines is 1. The van der Waals surface area contributed by atoms with Crippen LogP contribution >= 0.6 is 0 Å². The third-order valence-electron chi connectivity index (χ3n) is 10.2. The number of hydroxylamine groups is 2. The standard InChI is InChI=1S/C42H53N3O10S/c1-41(2,3)33-27-30(54-36-26-29(15-17-32(33)36)43(22-24-52-6)23-25-53-7)12-11-13-37-42(4,5)34-28-31(56(49,50)51)16-18-35(34)44(37)21-10-8-9-14-40(48)55-45-38(46)19-20-39(45)47/h11-13,15-18,26-28H,8-10,14,19-25H2,1-7H3. The molecule has 1 aliphatic carbocycles. The number of unbranched alkanes of at least 4 members (excludes halogenated alkanes) is 2. The Hall–Kier alpha value is -4.63. The molecule has 0 spiro atoms. The summed E-state index contributed by atoms with van der Waals surface area (Å²) in [6.45, 7) is 13.5. The molecular weight excluding hydrogens is 739 g/mol. The number of carbonyl (C=O) groups excluding carboxylic acids is 3. The van der Waals surface area contributed by atoms with E-state index in [-0.39, 0.29) is 29.6 Å². The second kappa shape index (κ2) is 17.7. The quantitative estimate of drug-likeness (QED) is 0.0779. The van der Waals surface area contributed by atoms with Gasteiger partial charge in [0, 0.05) is 68.5 Å². The van der Waals surface area contributed by atoms with E-state index in [4.69, 9.17) is 18.7 Å². The average Bonchev–Trinajstić information content (AvgIpc) is 3.56. The lowest BCUT2D eigenvalue weighted by Crippen LogP contribution is -2.35. The number of amides is 2. The molecule has 1 saturated heterocycles. The van der Waals surface area contributed by atoms with Gasteiger partial charge in [0.15, 0.2) is 13.1 Å². The first-order valence-electron chi connectivity index (χ1n) is 18.9. The fraction of sp³-hybridized carbons (Fsp3) is 0.476. The highest BCUT2D eigenvalue weighted by molar-refractivity contribution is 7.85. The normalized spacial score (nSPS) is 16.5. The second-order valence-corrected chi connectivity index (χ2v) is 17.0. The van der Waals surface area contributed by atoms with Crippen LogP contribution in [0.15, 0.2) is 69.6 Å². The summed E-state index contributed by atoms with van der Waals surface area (Å²) in [6, 6.07) is 12.8. The van der Waals surface area contributed by atoms with Crippen LogP contribution in [-0.2, 0) is 49.6 Å². The molecule has 5 rings (SSSR count). The van der Waals surface area contributed by atoms with Crippen molar-refractivity contribution >= 4 is 39.7 Å². The van der Waals surface area contributed by atoms with E-state index in [0.717, 1.165) is 33.6 Å². The maximum absolute atomic E-state index is 12.3. The number of rotatable bonds is 16. The van der Waals surface area contributed by atoms with Crippen molar-refractivity contribution in [3.05, 3.63) is 82.6 Å². The minimum absolute atomic E-state index is 0.0348. The van der Waals surface area contributed by atoms with Crippen LogP contribution in [0, 0.1) is 0 Å². The molecule has 0 bridgehead atoms. The Morgan fingerprint density at radius 3 is 2.27 bits per heavy atom. The van der Waals surface area contributed by atoms with Gasteiger partial charge in [-0.3, -0.25) is 9.59 Å². The van der Waals surface area contributed by atoms with Gasteiger partial charge in [0.05, 0.1) is 11.0 Å². The molecular formula is C42H53N3O10S. The molecule has 1 aromatic rings. The van der Waals surface area contributed by atoms with E-state index in [2.05, 4.69) is 54.5 Å². The molecule has 3 heterocycles. The molecule has 14 heteroatoms. The number of nitrogens with zero attached hydrogens (tertiary/aromatic N) is 3. The molecule has 0 radical (unpaired) electrons. The Bertz CT molecular complexity index is 2130. The van der Waals surface area contributed by atoms with E-state index in [0.29, 0.717) is 68.5 Å². The minimum atomic E-state index is -4.68. The van der Waals surface area contributed by atoms with Crippen molar-refractivity contribution in [3.63, 3.8) is 0 Å². The first-order valence-corrected chi connectivity index (χ1v) is 20.3. The van der Waals surface area contributed by atoms with Crippen LogP contribution in [0.1, 0.15) is 90.0 Å². The molecule has 302 valence electrons. The summed E-state index contributed by atoms with van der Waals surface area (Å²) in [7, 11) is -1.32. The molecule has 0 atom stereocenters. The van der Waals surface area contributed by atoms with E-state index >= 15 is 0 Å². The minimum Gasteiger partial charge on any atom is -0.744 e. The SMILES string of the molecule is COCC[N+](CCOC)=c1ccc2c(C(C)(C)C)cc(/C=C/C=C3/N(CCCCCC(=O)ON4C(=O)CCC4=O)c4ccc(S(=O)(=O)[O-])cc4C3(C)C)oc-2c1. The summed E-state index contributed by atoms with van der Waals surface area (Å²) < 4.78 is 55.5. The topological polar surface area (TPSA) is 159 Å². The number of methoxy groups -OCH3 is 2. The van der Waals surface area contributed by atoms with Gasteiger partial charge in [-0.25, -0.2) is 17.8 Å². The number of ether oxygens (including phenoxy) is 2. The molecule has 13 nitrogen and oxygen atoms in total. The van der Waals surface area contributed by atoms with E-state index in [1.54, 1.807) is 20.3 Å². The van der Waals surface area contributed by atoms with Gasteiger partial charge >= 0.3 is 5.97 Å². The van der Waals surface area contributed by atoms with Crippen LogP contribution in [0.3, 0.4) is 0 Å². The molecule has 3 aliphatic heterocycles. The highest BCUT2D eigenvalue weighted by Crippen LogP contribution is 2.48. The Labute approximate surface area is 329 Å².